The van der Waals surface area contributed by atoms with Gasteiger partial charge in [-0.2, -0.15) is 0 Å². The third-order valence-corrected chi connectivity index (χ3v) is 4.16. The van der Waals surface area contributed by atoms with Crippen LogP contribution in [0.25, 0.3) is 0 Å². The first-order valence-corrected chi connectivity index (χ1v) is 7.83. The minimum absolute atomic E-state index is 0.180. The highest BCUT2D eigenvalue weighted by molar-refractivity contribution is 7.91. The van der Waals surface area contributed by atoms with Crippen LogP contribution in [0.15, 0.2) is 42.5 Å². The standard InChI is InChI=1S/C15H16FNO2S/c1-11-3-8-15(12(2)9-11)17-20(18,19)10-13-4-6-14(16)7-5-13/h3-9,17H,10H2,1-2H3. The molecule has 5 heteroatoms. The van der Waals surface area contributed by atoms with E-state index in [9.17, 15) is 12.8 Å². The van der Waals surface area contributed by atoms with E-state index in [4.69, 9.17) is 0 Å². The number of rotatable bonds is 4. The van der Waals surface area contributed by atoms with E-state index in [1.807, 2.05) is 26.0 Å². The van der Waals surface area contributed by atoms with E-state index in [0.29, 0.717) is 11.3 Å². The maximum Gasteiger partial charge on any atom is 0.236 e. The van der Waals surface area contributed by atoms with Crippen LogP contribution < -0.4 is 4.72 Å². The van der Waals surface area contributed by atoms with Gasteiger partial charge in [-0.25, -0.2) is 12.8 Å². The highest BCUT2D eigenvalue weighted by Crippen LogP contribution is 2.19. The molecule has 0 aromatic heterocycles. The predicted molar refractivity (Wildman–Crippen MR) is 78.6 cm³/mol. The number of hydrogen-bond donors (Lipinski definition) is 1. The molecule has 0 aliphatic carbocycles. The molecule has 0 saturated carbocycles. The van der Waals surface area contributed by atoms with Crippen LogP contribution in [0.3, 0.4) is 0 Å². The molecule has 0 unspecified atom stereocenters. The monoisotopic (exact) mass is 293 g/mol. The fraction of sp³-hybridized carbons (Fsp3) is 0.200. The first-order valence-electron chi connectivity index (χ1n) is 6.18. The van der Waals surface area contributed by atoms with Gasteiger partial charge in [-0.05, 0) is 43.2 Å². The van der Waals surface area contributed by atoms with Crippen molar-refractivity contribution in [1.29, 1.82) is 0 Å². The number of benzene rings is 2. The summed E-state index contributed by atoms with van der Waals surface area (Å²) in [5.41, 5.74) is 3.05. The van der Waals surface area contributed by atoms with Crippen LogP contribution in [0, 0.1) is 19.7 Å². The van der Waals surface area contributed by atoms with Gasteiger partial charge >= 0.3 is 0 Å². The summed E-state index contributed by atoms with van der Waals surface area (Å²) < 4.78 is 39.5. The maximum absolute atomic E-state index is 12.8. The minimum Gasteiger partial charge on any atom is -0.283 e. The summed E-state index contributed by atoms with van der Waals surface area (Å²) in [7, 11) is -3.51. The van der Waals surface area contributed by atoms with Gasteiger partial charge in [0.05, 0.1) is 11.4 Å². The fourth-order valence-electron chi connectivity index (χ4n) is 1.93. The van der Waals surface area contributed by atoms with Gasteiger partial charge in [0, 0.05) is 0 Å². The van der Waals surface area contributed by atoms with Gasteiger partial charge in [0.25, 0.3) is 0 Å². The van der Waals surface area contributed by atoms with Crippen LogP contribution in [-0.2, 0) is 15.8 Å². The molecule has 0 radical (unpaired) electrons. The topological polar surface area (TPSA) is 46.2 Å². The Morgan fingerprint density at radius 1 is 1.05 bits per heavy atom. The highest BCUT2D eigenvalue weighted by atomic mass is 32.2. The van der Waals surface area contributed by atoms with Crippen molar-refractivity contribution >= 4 is 15.7 Å². The Balaban J connectivity index is 2.17. The number of hydrogen-bond acceptors (Lipinski definition) is 2. The molecule has 2 aromatic rings. The molecule has 0 spiro atoms. The van der Waals surface area contributed by atoms with Crippen molar-refractivity contribution in [3.63, 3.8) is 0 Å². The number of sulfonamides is 1. The molecule has 0 aliphatic rings. The zero-order chi connectivity index (χ0) is 14.8. The Labute approximate surface area is 118 Å². The van der Waals surface area contributed by atoms with Crippen molar-refractivity contribution in [2.75, 3.05) is 4.72 Å². The van der Waals surface area contributed by atoms with Gasteiger partial charge in [0.2, 0.25) is 10.0 Å². The lowest BCUT2D eigenvalue weighted by Crippen LogP contribution is -2.15. The van der Waals surface area contributed by atoms with Crippen molar-refractivity contribution in [1.82, 2.24) is 0 Å². The molecule has 0 fully saturated rings. The molecule has 0 amide bonds. The van der Waals surface area contributed by atoms with Crippen molar-refractivity contribution in [2.24, 2.45) is 0 Å². The van der Waals surface area contributed by atoms with Gasteiger partial charge in [-0.15, -0.1) is 0 Å². The summed E-state index contributed by atoms with van der Waals surface area (Å²) in [6.07, 6.45) is 0. The summed E-state index contributed by atoms with van der Waals surface area (Å²) in [4.78, 5) is 0. The molecule has 2 rings (SSSR count). The van der Waals surface area contributed by atoms with E-state index in [1.165, 1.54) is 24.3 Å². The first-order chi connectivity index (χ1) is 9.35. The minimum atomic E-state index is -3.51. The van der Waals surface area contributed by atoms with E-state index in [2.05, 4.69) is 4.72 Å². The Morgan fingerprint density at radius 2 is 1.70 bits per heavy atom. The number of halogens is 1. The van der Waals surface area contributed by atoms with Gasteiger partial charge < -0.3 is 0 Å². The predicted octanol–water partition coefficient (Wildman–Crippen LogP) is 3.38. The van der Waals surface area contributed by atoms with E-state index < -0.39 is 10.0 Å². The van der Waals surface area contributed by atoms with Crippen molar-refractivity contribution in [3.8, 4) is 0 Å². The van der Waals surface area contributed by atoms with Crippen LogP contribution in [0.2, 0.25) is 0 Å². The second-order valence-electron chi connectivity index (χ2n) is 4.81. The average molecular weight is 293 g/mol. The molecule has 0 aliphatic heterocycles. The average Bonchev–Trinajstić information content (AvgIpc) is 2.35. The second-order valence-corrected chi connectivity index (χ2v) is 6.53. The molecule has 0 atom stereocenters. The lowest BCUT2D eigenvalue weighted by Gasteiger charge is -2.11. The molecule has 0 saturated heterocycles. The van der Waals surface area contributed by atoms with Crippen LogP contribution in [0.1, 0.15) is 16.7 Å². The zero-order valence-corrected chi connectivity index (χ0v) is 12.2. The van der Waals surface area contributed by atoms with E-state index in [1.54, 1.807) is 6.07 Å². The van der Waals surface area contributed by atoms with Gasteiger partial charge in [-0.3, -0.25) is 4.72 Å². The summed E-state index contributed by atoms with van der Waals surface area (Å²) >= 11 is 0. The third-order valence-electron chi connectivity index (χ3n) is 2.92. The highest BCUT2D eigenvalue weighted by Gasteiger charge is 2.13. The van der Waals surface area contributed by atoms with Crippen LogP contribution in [0.4, 0.5) is 10.1 Å². The molecule has 0 bridgehead atoms. The summed E-state index contributed by atoms with van der Waals surface area (Å²) in [6, 6.07) is 10.9. The van der Waals surface area contributed by atoms with Gasteiger partial charge in [0.15, 0.2) is 0 Å². The molecule has 3 nitrogen and oxygen atoms in total. The fourth-order valence-corrected chi connectivity index (χ4v) is 3.20. The largest absolute Gasteiger partial charge is 0.283 e. The normalized spacial score (nSPS) is 11.3. The first kappa shape index (κ1) is 14.5. The summed E-state index contributed by atoms with van der Waals surface area (Å²) in [5.74, 6) is -0.561. The van der Waals surface area contributed by atoms with Crippen molar-refractivity contribution < 1.29 is 12.8 Å². The van der Waals surface area contributed by atoms with Crippen molar-refractivity contribution in [2.45, 2.75) is 19.6 Å². The summed E-state index contributed by atoms with van der Waals surface area (Å²) in [5, 5.41) is 0. The quantitative estimate of drug-likeness (QED) is 0.939. The SMILES string of the molecule is Cc1ccc(NS(=O)(=O)Cc2ccc(F)cc2)c(C)c1. The zero-order valence-electron chi connectivity index (χ0n) is 11.4. The number of nitrogens with one attached hydrogen (secondary N) is 1. The molecule has 1 N–H and O–H groups in total. The van der Waals surface area contributed by atoms with Crippen LogP contribution in [0.5, 0.6) is 0 Å². The second kappa shape index (κ2) is 5.63. The van der Waals surface area contributed by atoms with Gasteiger partial charge in [0.1, 0.15) is 5.82 Å². The summed E-state index contributed by atoms with van der Waals surface area (Å²) in [6.45, 7) is 3.80. The van der Waals surface area contributed by atoms with Crippen LogP contribution >= 0.6 is 0 Å². The molecular formula is C15H16FNO2S. The molecule has 0 heterocycles. The smallest absolute Gasteiger partial charge is 0.236 e. The third kappa shape index (κ3) is 3.81. The number of anilines is 1. The van der Waals surface area contributed by atoms with E-state index in [-0.39, 0.29) is 11.6 Å². The molecule has 20 heavy (non-hydrogen) atoms. The van der Waals surface area contributed by atoms with E-state index in [0.717, 1.165) is 11.1 Å². The van der Waals surface area contributed by atoms with Crippen LogP contribution in [-0.4, -0.2) is 8.42 Å². The lowest BCUT2D eigenvalue weighted by molar-refractivity contribution is 0.600. The van der Waals surface area contributed by atoms with E-state index >= 15 is 0 Å². The van der Waals surface area contributed by atoms with Gasteiger partial charge in [-0.1, -0.05) is 29.8 Å². The molecule has 2 aromatic carbocycles. The molecular weight excluding hydrogens is 277 g/mol. The van der Waals surface area contributed by atoms with Crippen molar-refractivity contribution in [3.05, 3.63) is 65.0 Å². The Kier molecular flexibility index (Phi) is 4.09. The maximum atomic E-state index is 12.8. The molecule has 106 valence electrons. The Hall–Kier alpha value is -1.88. The number of aryl methyl sites for hydroxylation is 2. The Morgan fingerprint density at radius 3 is 2.30 bits per heavy atom. The Bertz CT molecular complexity index is 709. The lowest BCUT2D eigenvalue weighted by atomic mass is 10.1.